The third-order valence-corrected chi connectivity index (χ3v) is 5.16. The van der Waals surface area contributed by atoms with Gasteiger partial charge in [-0.25, -0.2) is 4.39 Å². The molecule has 1 aromatic heterocycles. The first-order valence-electron chi connectivity index (χ1n) is 9.37. The van der Waals surface area contributed by atoms with Crippen molar-refractivity contribution in [2.24, 2.45) is 0 Å². The van der Waals surface area contributed by atoms with Crippen molar-refractivity contribution in [3.8, 4) is 11.8 Å². The smallest absolute Gasteiger partial charge is 0.262 e. The van der Waals surface area contributed by atoms with Crippen molar-refractivity contribution in [1.29, 1.82) is 5.26 Å². The molecule has 0 bridgehead atoms. The normalized spacial score (nSPS) is 15.4. The van der Waals surface area contributed by atoms with Gasteiger partial charge in [-0.3, -0.25) is 4.79 Å². The summed E-state index contributed by atoms with van der Waals surface area (Å²) in [6.45, 7) is 3.87. The lowest BCUT2D eigenvalue weighted by Crippen LogP contribution is -2.36. The highest BCUT2D eigenvalue weighted by Gasteiger charge is 2.19. The Hall–Kier alpha value is -2.87. The second-order valence-corrected chi connectivity index (χ2v) is 7.12. The van der Waals surface area contributed by atoms with Crippen molar-refractivity contribution in [3.63, 3.8) is 0 Å². The lowest BCUT2D eigenvalue weighted by molar-refractivity contribution is -0.117. The Bertz CT molecular complexity index is 897. The Morgan fingerprint density at radius 3 is 2.52 bits per heavy atom. The van der Waals surface area contributed by atoms with Crippen LogP contribution in [0.3, 0.4) is 0 Å². The van der Waals surface area contributed by atoms with E-state index in [2.05, 4.69) is 5.32 Å². The van der Waals surface area contributed by atoms with Crippen LogP contribution in [-0.2, 0) is 4.79 Å². The van der Waals surface area contributed by atoms with E-state index in [1.807, 2.05) is 30.6 Å². The fourth-order valence-corrected chi connectivity index (χ4v) is 3.74. The van der Waals surface area contributed by atoms with Crippen LogP contribution in [0.25, 0.3) is 11.8 Å². The van der Waals surface area contributed by atoms with Gasteiger partial charge in [-0.05, 0) is 68.7 Å². The van der Waals surface area contributed by atoms with E-state index in [1.54, 1.807) is 18.2 Å². The Kier molecular flexibility index (Phi) is 5.75. The minimum Gasteiger partial charge on any atom is -0.349 e. The molecule has 1 saturated carbocycles. The summed E-state index contributed by atoms with van der Waals surface area (Å²) >= 11 is 0. The number of nitrogens with zero attached hydrogens (tertiary/aromatic N) is 2. The van der Waals surface area contributed by atoms with Crippen LogP contribution in [0.2, 0.25) is 0 Å². The van der Waals surface area contributed by atoms with E-state index in [0.717, 1.165) is 48.3 Å². The van der Waals surface area contributed by atoms with Crippen LogP contribution in [0.5, 0.6) is 0 Å². The molecule has 0 saturated heterocycles. The van der Waals surface area contributed by atoms with E-state index in [-0.39, 0.29) is 23.3 Å². The van der Waals surface area contributed by atoms with Crippen LogP contribution in [0.4, 0.5) is 4.39 Å². The first-order valence-corrected chi connectivity index (χ1v) is 9.37. The molecule has 140 valence electrons. The van der Waals surface area contributed by atoms with Crippen LogP contribution in [0, 0.1) is 31.0 Å². The molecule has 5 heteroatoms. The number of amides is 1. The summed E-state index contributed by atoms with van der Waals surface area (Å²) in [7, 11) is 0. The largest absolute Gasteiger partial charge is 0.349 e. The summed E-state index contributed by atoms with van der Waals surface area (Å²) in [5.41, 5.74) is 3.62. The van der Waals surface area contributed by atoms with Gasteiger partial charge in [0.2, 0.25) is 0 Å². The highest BCUT2D eigenvalue weighted by atomic mass is 19.1. The van der Waals surface area contributed by atoms with Gasteiger partial charge in [0.15, 0.2) is 0 Å². The Morgan fingerprint density at radius 2 is 1.89 bits per heavy atom. The maximum Gasteiger partial charge on any atom is 0.262 e. The fourth-order valence-electron chi connectivity index (χ4n) is 3.74. The number of nitriles is 1. The van der Waals surface area contributed by atoms with Gasteiger partial charge in [-0.2, -0.15) is 5.26 Å². The second kappa shape index (κ2) is 8.22. The van der Waals surface area contributed by atoms with E-state index in [1.165, 1.54) is 18.6 Å². The molecule has 0 atom stereocenters. The van der Waals surface area contributed by atoms with Gasteiger partial charge in [0.25, 0.3) is 5.91 Å². The van der Waals surface area contributed by atoms with Crippen molar-refractivity contribution in [1.82, 2.24) is 9.88 Å². The third-order valence-electron chi connectivity index (χ3n) is 5.16. The van der Waals surface area contributed by atoms with Crippen LogP contribution in [-0.4, -0.2) is 16.5 Å². The third kappa shape index (κ3) is 4.28. The van der Waals surface area contributed by atoms with Crippen molar-refractivity contribution in [2.45, 2.75) is 52.0 Å². The van der Waals surface area contributed by atoms with Gasteiger partial charge >= 0.3 is 0 Å². The second-order valence-electron chi connectivity index (χ2n) is 7.12. The zero-order valence-corrected chi connectivity index (χ0v) is 15.8. The minimum atomic E-state index is -0.309. The summed E-state index contributed by atoms with van der Waals surface area (Å²) in [6.07, 6.45) is 7.04. The van der Waals surface area contributed by atoms with Crippen LogP contribution in [0.15, 0.2) is 35.9 Å². The van der Waals surface area contributed by atoms with Crippen LogP contribution < -0.4 is 5.32 Å². The molecule has 3 rings (SSSR count). The van der Waals surface area contributed by atoms with Crippen molar-refractivity contribution < 1.29 is 9.18 Å². The minimum absolute atomic E-state index is 0.111. The van der Waals surface area contributed by atoms with E-state index in [9.17, 15) is 14.4 Å². The Labute approximate surface area is 159 Å². The zero-order valence-electron chi connectivity index (χ0n) is 15.8. The molecule has 27 heavy (non-hydrogen) atoms. The molecule has 1 aromatic carbocycles. The average Bonchev–Trinajstić information content (AvgIpc) is 2.94. The number of rotatable bonds is 4. The number of carbonyl (C=O) groups excluding carboxylic acids is 1. The molecular formula is C22H24FN3O. The Morgan fingerprint density at radius 1 is 1.22 bits per heavy atom. The number of hydrogen-bond acceptors (Lipinski definition) is 2. The average molecular weight is 365 g/mol. The molecule has 1 N–H and O–H groups in total. The van der Waals surface area contributed by atoms with Gasteiger partial charge in [0, 0.05) is 23.1 Å². The van der Waals surface area contributed by atoms with Gasteiger partial charge in [0.1, 0.15) is 17.5 Å². The van der Waals surface area contributed by atoms with E-state index in [4.69, 9.17) is 0 Å². The van der Waals surface area contributed by atoms with Crippen LogP contribution >= 0.6 is 0 Å². The number of benzene rings is 1. The molecule has 4 nitrogen and oxygen atoms in total. The molecule has 0 aliphatic heterocycles. The van der Waals surface area contributed by atoms with Crippen molar-refractivity contribution in [2.75, 3.05) is 0 Å². The first kappa shape index (κ1) is 18.9. The maximum atomic E-state index is 13.2. The zero-order chi connectivity index (χ0) is 19.4. The summed E-state index contributed by atoms with van der Waals surface area (Å²) in [4.78, 5) is 12.5. The standard InChI is InChI=1S/C22H24FN3O/c1-15-12-17(16(2)26(15)21-10-8-19(23)9-11-21)13-18(14-24)22(27)25-20-6-4-3-5-7-20/h8-13,20H,3-7H2,1-2H3,(H,25,27)/b18-13-. The number of aryl methyl sites for hydroxylation is 1. The van der Waals surface area contributed by atoms with E-state index >= 15 is 0 Å². The van der Waals surface area contributed by atoms with Gasteiger partial charge in [-0.1, -0.05) is 19.3 Å². The number of nitrogens with one attached hydrogen (secondary N) is 1. The van der Waals surface area contributed by atoms with Crippen LogP contribution in [0.1, 0.15) is 49.1 Å². The molecule has 2 aromatic rings. The molecule has 1 aliphatic rings. The predicted octanol–water partition coefficient (Wildman–Crippen LogP) is 4.59. The summed E-state index contributed by atoms with van der Waals surface area (Å²) in [6, 6.07) is 10.4. The maximum absolute atomic E-state index is 13.2. The van der Waals surface area contributed by atoms with Crippen molar-refractivity contribution in [3.05, 3.63) is 58.7 Å². The number of hydrogen-bond donors (Lipinski definition) is 1. The summed E-state index contributed by atoms with van der Waals surface area (Å²) in [5.74, 6) is -0.594. The molecule has 0 unspecified atom stereocenters. The topological polar surface area (TPSA) is 57.8 Å². The van der Waals surface area contributed by atoms with Gasteiger partial charge < -0.3 is 9.88 Å². The number of halogens is 1. The highest BCUT2D eigenvalue weighted by molar-refractivity contribution is 6.02. The number of carbonyl (C=O) groups is 1. The first-order chi connectivity index (χ1) is 13.0. The van der Waals surface area contributed by atoms with E-state index in [0.29, 0.717) is 0 Å². The fraction of sp³-hybridized carbons (Fsp3) is 0.364. The van der Waals surface area contributed by atoms with E-state index < -0.39 is 0 Å². The quantitative estimate of drug-likeness (QED) is 0.636. The summed E-state index contributed by atoms with van der Waals surface area (Å²) in [5, 5.41) is 12.5. The van der Waals surface area contributed by atoms with Gasteiger partial charge in [-0.15, -0.1) is 0 Å². The molecular weight excluding hydrogens is 341 g/mol. The summed E-state index contributed by atoms with van der Waals surface area (Å²) < 4.78 is 15.2. The SMILES string of the molecule is Cc1cc(/C=C(/C#N)C(=O)NC2CCCCC2)c(C)n1-c1ccc(F)cc1. The van der Waals surface area contributed by atoms with Gasteiger partial charge in [0.05, 0.1) is 0 Å². The molecule has 1 heterocycles. The lowest BCUT2D eigenvalue weighted by atomic mass is 9.95. The Balaban J connectivity index is 1.86. The highest BCUT2D eigenvalue weighted by Crippen LogP contribution is 2.23. The van der Waals surface area contributed by atoms with Crippen molar-refractivity contribution >= 4 is 12.0 Å². The molecule has 1 amide bonds. The molecule has 0 radical (unpaired) electrons. The molecule has 1 fully saturated rings. The number of aromatic nitrogens is 1. The lowest BCUT2D eigenvalue weighted by Gasteiger charge is -2.22. The molecule has 0 spiro atoms. The monoisotopic (exact) mass is 365 g/mol. The predicted molar refractivity (Wildman–Crippen MR) is 104 cm³/mol. The molecule has 1 aliphatic carbocycles.